The Morgan fingerprint density at radius 1 is 1.14 bits per heavy atom. The number of rotatable bonds is 3. The molecule has 124 valence electrons. The van der Waals surface area contributed by atoms with Gasteiger partial charge in [0.2, 0.25) is 0 Å². The first-order chi connectivity index (χ1) is 10.2. The van der Waals surface area contributed by atoms with Crippen molar-refractivity contribution >= 4 is 0 Å². The summed E-state index contributed by atoms with van der Waals surface area (Å²) in [6.45, 7) is 7.09. The summed E-state index contributed by atoms with van der Waals surface area (Å²) in [5.41, 5.74) is 7.05. The number of hydrogen-bond acceptors (Lipinski definition) is 7. The average molecular weight is 315 g/mol. The molecule has 0 aromatic rings. The number of aliphatic hydroxyl groups is 1. The maximum atomic E-state index is 11.1. The van der Waals surface area contributed by atoms with Gasteiger partial charge in [-0.05, 0) is 33.2 Å². The molecule has 0 unspecified atom stereocenters. The largest absolute Gasteiger partial charge is 0.384 e. The first-order valence-corrected chi connectivity index (χ1v) is 7.23. The zero-order valence-corrected chi connectivity index (χ0v) is 13.1. The van der Waals surface area contributed by atoms with Gasteiger partial charge in [-0.1, -0.05) is 5.11 Å². The second kappa shape index (κ2) is 5.04. The van der Waals surface area contributed by atoms with Gasteiger partial charge in [0.25, 0.3) is 0 Å². The average Bonchev–Trinajstić information content (AvgIpc) is 2.99. The van der Waals surface area contributed by atoms with E-state index in [0.717, 1.165) is 0 Å². The molecule has 0 aromatic carbocycles. The SMILES string of the molecule is CC1(C)OC[C@H]([C@H]2O[C@@H]3OC(C)(C)O[C@@H]3[C@]2(O)CN=[N+]=[N-])O1. The number of fused-ring (bicyclic) bond motifs is 1. The molecule has 3 fully saturated rings. The summed E-state index contributed by atoms with van der Waals surface area (Å²) < 4.78 is 28.5. The molecule has 3 aliphatic heterocycles. The van der Waals surface area contributed by atoms with E-state index in [-0.39, 0.29) is 13.2 Å². The molecule has 0 saturated carbocycles. The van der Waals surface area contributed by atoms with Crippen LogP contribution in [0, 0.1) is 0 Å². The molecular formula is C13H21N3O6. The summed E-state index contributed by atoms with van der Waals surface area (Å²) in [6, 6.07) is 0. The summed E-state index contributed by atoms with van der Waals surface area (Å²) in [5, 5.41) is 14.6. The normalized spacial score (nSPS) is 45.5. The quantitative estimate of drug-likeness (QED) is 0.473. The highest BCUT2D eigenvalue weighted by Crippen LogP contribution is 2.46. The first-order valence-electron chi connectivity index (χ1n) is 7.23. The Morgan fingerprint density at radius 2 is 1.86 bits per heavy atom. The van der Waals surface area contributed by atoms with Crippen LogP contribution in [0.3, 0.4) is 0 Å². The Balaban J connectivity index is 1.86. The lowest BCUT2D eigenvalue weighted by atomic mass is 9.89. The van der Waals surface area contributed by atoms with Gasteiger partial charge in [0, 0.05) is 4.91 Å². The van der Waals surface area contributed by atoms with Gasteiger partial charge in [-0.2, -0.15) is 0 Å². The lowest BCUT2D eigenvalue weighted by Gasteiger charge is -2.34. The highest BCUT2D eigenvalue weighted by molar-refractivity contribution is 5.09. The third-order valence-electron chi connectivity index (χ3n) is 4.08. The Labute approximate surface area is 128 Å². The molecule has 3 aliphatic rings. The highest BCUT2D eigenvalue weighted by atomic mass is 16.8. The summed E-state index contributed by atoms with van der Waals surface area (Å²) in [7, 11) is 0. The second-order valence-corrected chi connectivity index (χ2v) is 6.73. The van der Waals surface area contributed by atoms with E-state index in [1.54, 1.807) is 27.7 Å². The van der Waals surface area contributed by atoms with Gasteiger partial charge in [0.05, 0.1) is 13.2 Å². The zero-order chi connectivity index (χ0) is 16.2. The van der Waals surface area contributed by atoms with Crippen molar-refractivity contribution in [1.29, 1.82) is 0 Å². The van der Waals surface area contributed by atoms with Crippen molar-refractivity contribution in [2.45, 2.75) is 69.5 Å². The zero-order valence-electron chi connectivity index (χ0n) is 13.1. The number of azide groups is 1. The van der Waals surface area contributed by atoms with Gasteiger partial charge < -0.3 is 28.8 Å². The first kappa shape index (κ1) is 15.9. The van der Waals surface area contributed by atoms with Crippen molar-refractivity contribution < 1.29 is 28.8 Å². The smallest absolute Gasteiger partial charge is 0.190 e. The van der Waals surface area contributed by atoms with Crippen LogP contribution in [0.4, 0.5) is 0 Å². The molecule has 0 bridgehead atoms. The maximum absolute atomic E-state index is 11.1. The molecule has 1 N–H and O–H groups in total. The summed E-state index contributed by atoms with van der Waals surface area (Å²) in [6.07, 6.45) is -2.78. The van der Waals surface area contributed by atoms with Crippen molar-refractivity contribution in [3.63, 3.8) is 0 Å². The van der Waals surface area contributed by atoms with Crippen molar-refractivity contribution in [2.75, 3.05) is 13.2 Å². The standard InChI is InChI=1S/C13H21N3O6/c1-11(2)18-5-7(20-11)8-13(17,6-15-16-14)9-10(19-8)22-12(3,4)21-9/h7-10,17H,5-6H2,1-4H3/t7-,8-,9+,10-,13+/m1/s1. The fourth-order valence-corrected chi connectivity index (χ4v) is 3.19. The fourth-order valence-electron chi connectivity index (χ4n) is 3.19. The minimum absolute atomic E-state index is 0.199. The minimum atomic E-state index is -1.54. The van der Waals surface area contributed by atoms with Crippen molar-refractivity contribution in [2.24, 2.45) is 5.11 Å². The highest BCUT2D eigenvalue weighted by Gasteiger charge is 2.65. The van der Waals surface area contributed by atoms with Crippen molar-refractivity contribution in [3.05, 3.63) is 10.4 Å². The lowest BCUT2D eigenvalue weighted by molar-refractivity contribution is -0.246. The Bertz CT molecular complexity index is 506. The molecule has 0 radical (unpaired) electrons. The van der Waals surface area contributed by atoms with Crippen LogP contribution < -0.4 is 0 Å². The molecule has 0 aliphatic carbocycles. The van der Waals surface area contributed by atoms with Crippen LogP contribution >= 0.6 is 0 Å². The van der Waals surface area contributed by atoms with E-state index < -0.39 is 41.8 Å². The molecule has 9 heteroatoms. The summed E-state index contributed by atoms with van der Waals surface area (Å²) in [4.78, 5) is 2.73. The minimum Gasteiger partial charge on any atom is -0.384 e. The number of ether oxygens (including phenoxy) is 5. The molecule has 0 aromatic heterocycles. The van der Waals surface area contributed by atoms with E-state index in [9.17, 15) is 5.11 Å². The van der Waals surface area contributed by atoms with Crippen LogP contribution in [-0.4, -0.2) is 60.0 Å². The van der Waals surface area contributed by atoms with E-state index in [4.69, 9.17) is 29.2 Å². The van der Waals surface area contributed by atoms with Crippen LogP contribution in [0.1, 0.15) is 27.7 Å². The molecule has 9 nitrogen and oxygen atoms in total. The Kier molecular flexibility index (Phi) is 3.65. The van der Waals surface area contributed by atoms with Crippen molar-refractivity contribution in [1.82, 2.24) is 0 Å². The third kappa shape index (κ3) is 2.59. The van der Waals surface area contributed by atoms with E-state index in [0.29, 0.717) is 0 Å². The molecule has 5 atom stereocenters. The second-order valence-electron chi connectivity index (χ2n) is 6.73. The van der Waals surface area contributed by atoms with E-state index >= 15 is 0 Å². The van der Waals surface area contributed by atoms with E-state index in [2.05, 4.69) is 10.0 Å². The Morgan fingerprint density at radius 3 is 2.45 bits per heavy atom. The maximum Gasteiger partial charge on any atom is 0.190 e. The van der Waals surface area contributed by atoms with Gasteiger partial charge in [0.15, 0.2) is 17.9 Å². The molecule has 22 heavy (non-hydrogen) atoms. The molecule has 3 rings (SSSR count). The summed E-state index contributed by atoms with van der Waals surface area (Å²) >= 11 is 0. The molecule has 0 amide bonds. The van der Waals surface area contributed by atoms with Gasteiger partial charge in [-0.25, -0.2) is 0 Å². The lowest BCUT2D eigenvalue weighted by Crippen LogP contribution is -2.56. The molecular weight excluding hydrogens is 294 g/mol. The monoisotopic (exact) mass is 315 g/mol. The topological polar surface area (TPSA) is 115 Å². The Hall–Kier alpha value is -0.930. The van der Waals surface area contributed by atoms with Gasteiger partial charge in [0.1, 0.15) is 23.9 Å². The molecule has 0 spiro atoms. The molecule has 3 saturated heterocycles. The van der Waals surface area contributed by atoms with Crippen LogP contribution in [0.15, 0.2) is 5.11 Å². The third-order valence-corrected chi connectivity index (χ3v) is 4.08. The van der Waals surface area contributed by atoms with Crippen LogP contribution in [0.5, 0.6) is 0 Å². The van der Waals surface area contributed by atoms with Crippen LogP contribution in [0.2, 0.25) is 0 Å². The number of hydrogen-bond donors (Lipinski definition) is 1. The van der Waals surface area contributed by atoms with Crippen LogP contribution in [0.25, 0.3) is 10.4 Å². The summed E-state index contributed by atoms with van der Waals surface area (Å²) in [5.74, 6) is -1.64. The van der Waals surface area contributed by atoms with Crippen LogP contribution in [-0.2, 0) is 23.7 Å². The fraction of sp³-hybridized carbons (Fsp3) is 1.00. The van der Waals surface area contributed by atoms with E-state index in [1.165, 1.54) is 0 Å². The van der Waals surface area contributed by atoms with E-state index in [1.807, 2.05) is 0 Å². The van der Waals surface area contributed by atoms with Gasteiger partial charge in [-0.15, -0.1) is 0 Å². The van der Waals surface area contributed by atoms with Crippen molar-refractivity contribution in [3.8, 4) is 0 Å². The van der Waals surface area contributed by atoms with Gasteiger partial charge in [-0.3, -0.25) is 0 Å². The van der Waals surface area contributed by atoms with Gasteiger partial charge >= 0.3 is 0 Å². The molecule has 3 heterocycles. The predicted octanol–water partition coefficient (Wildman–Crippen LogP) is 1.06. The predicted molar refractivity (Wildman–Crippen MR) is 72.6 cm³/mol. The number of nitrogens with zero attached hydrogens (tertiary/aromatic N) is 3.